The molecule has 2 aromatic carbocycles. The average molecular weight is 379 g/mol. The van der Waals surface area contributed by atoms with Crippen molar-refractivity contribution in [2.45, 2.75) is 33.2 Å². The number of nitrogens with one attached hydrogen (secondary N) is 1. The summed E-state index contributed by atoms with van der Waals surface area (Å²) in [5, 5.41) is 7.27. The van der Waals surface area contributed by atoms with Crippen LogP contribution < -0.4 is 14.8 Å². The summed E-state index contributed by atoms with van der Waals surface area (Å²) < 4.78 is 13.2. The van der Waals surface area contributed by atoms with E-state index in [0.29, 0.717) is 29.5 Å². The van der Waals surface area contributed by atoms with E-state index in [2.05, 4.69) is 17.3 Å². The molecular weight excluding hydrogens is 354 g/mol. The van der Waals surface area contributed by atoms with Crippen molar-refractivity contribution < 1.29 is 14.3 Å². The molecule has 0 saturated heterocycles. The molecule has 0 fully saturated rings. The molecule has 0 spiro atoms. The molecule has 0 unspecified atom stereocenters. The van der Waals surface area contributed by atoms with E-state index in [1.807, 2.05) is 49.4 Å². The first-order chi connectivity index (χ1) is 13.7. The fourth-order valence-corrected chi connectivity index (χ4v) is 2.64. The molecule has 0 atom stereocenters. The van der Waals surface area contributed by atoms with E-state index in [1.54, 1.807) is 23.0 Å². The molecule has 0 saturated carbocycles. The molecule has 0 aliphatic rings. The van der Waals surface area contributed by atoms with Crippen LogP contribution in [0.2, 0.25) is 0 Å². The number of carbonyl (C=O) groups is 1. The second-order valence-corrected chi connectivity index (χ2v) is 6.35. The van der Waals surface area contributed by atoms with Crippen LogP contribution in [0.5, 0.6) is 17.4 Å². The zero-order valence-corrected chi connectivity index (χ0v) is 16.2. The Morgan fingerprint density at radius 2 is 1.71 bits per heavy atom. The maximum atomic E-state index is 12.7. The minimum absolute atomic E-state index is 0.245. The van der Waals surface area contributed by atoms with Crippen molar-refractivity contribution in [3.8, 4) is 17.4 Å². The number of para-hydroxylation sites is 1. The first-order valence-electron chi connectivity index (χ1n) is 9.54. The molecule has 1 N–H and O–H groups in total. The van der Waals surface area contributed by atoms with Gasteiger partial charge in [-0.1, -0.05) is 32.0 Å². The lowest BCUT2D eigenvalue weighted by atomic mass is 10.2. The summed E-state index contributed by atoms with van der Waals surface area (Å²) in [6, 6.07) is 16.8. The highest BCUT2D eigenvalue weighted by molar-refractivity contribution is 6.05. The van der Waals surface area contributed by atoms with E-state index in [9.17, 15) is 4.79 Å². The number of rotatable bonds is 9. The molecule has 1 heterocycles. The van der Waals surface area contributed by atoms with Gasteiger partial charge in [-0.25, -0.2) is 0 Å². The van der Waals surface area contributed by atoms with Crippen LogP contribution in [0.4, 0.5) is 5.69 Å². The lowest BCUT2D eigenvalue weighted by Gasteiger charge is -2.08. The predicted octanol–water partition coefficient (Wildman–Crippen LogP) is 5.13. The van der Waals surface area contributed by atoms with Gasteiger partial charge in [0, 0.05) is 18.4 Å². The summed E-state index contributed by atoms with van der Waals surface area (Å²) in [5.74, 6) is 1.59. The summed E-state index contributed by atoms with van der Waals surface area (Å²) in [7, 11) is 0. The summed E-state index contributed by atoms with van der Waals surface area (Å²) in [5.41, 5.74) is 1.11. The van der Waals surface area contributed by atoms with Crippen molar-refractivity contribution >= 4 is 11.6 Å². The highest BCUT2D eigenvalue weighted by Gasteiger charge is 2.18. The zero-order valence-electron chi connectivity index (χ0n) is 16.2. The monoisotopic (exact) mass is 379 g/mol. The highest BCUT2D eigenvalue weighted by Crippen LogP contribution is 2.24. The minimum Gasteiger partial charge on any atom is -0.476 e. The third kappa shape index (κ3) is 5.13. The standard InChI is InChI=1S/C22H25N3O3/c1-3-14-25-16-20(22(24-25)27-15-4-2)21(26)23-17-10-12-19(13-11-17)28-18-8-6-5-7-9-18/h5-13,16H,3-4,14-15H2,1-2H3,(H,23,26). The fourth-order valence-electron chi connectivity index (χ4n) is 2.64. The SMILES string of the molecule is CCCOc1nn(CCC)cc1C(=O)Nc1ccc(Oc2ccccc2)cc1. The molecule has 1 aromatic heterocycles. The Morgan fingerprint density at radius 3 is 2.39 bits per heavy atom. The Morgan fingerprint density at radius 1 is 1.00 bits per heavy atom. The number of anilines is 1. The zero-order chi connectivity index (χ0) is 19.8. The number of amides is 1. The van der Waals surface area contributed by atoms with Gasteiger partial charge < -0.3 is 14.8 Å². The van der Waals surface area contributed by atoms with E-state index in [0.717, 1.165) is 25.1 Å². The minimum atomic E-state index is -0.245. The summed E-state index contributed by atoms with van der Waals surface area (Å²) >= 11 is 0. The molecule has 28 heavy (non-hydrogen) atoms. The van der Waals surface area contributed by atoms with Crippen molar-refractivity contribution in [2.24, 2.45) is 0 Å². The van der Waals surface area contributed by atoms with E-state index >= 15 is 0 Å². The molecule has 3 aromatic rings. The van der Waals surface area contributed by atoms with Gasteiger partial charge in [-0.2, -0.15) is 0 Å². The lowest BCUT2D eigenvalue weighted by molar-refractivity contribution is 0.102. The number of hydrogen-bond acceptors (Lipinski definition) is 4. The summed E-state index contributed by atoms with van der Waals surface area (Å²) in [6.45, 7) is 5.34. The topological polar surface area (TPSA) is 65.4 Å². The van der Waals surface area contributed by atoms with Crippen molar-refractivity contribution in [3.63, 3.8) is 0 Å². The average Bonchev–Trinajstić information content (AvgIpc) is 3.12. The Labute approximate surface area is 165 Å². The maximum absolute atomic E-state index is 12.7. The molecule has 0 radical (unpaired) electrons. The maximum Gasteiger partial charge on any atom is 0.262 e. The van der Waals surface area contributed by atoms with Gasteiger partial charge in [0.25, 0.3) is 5.91 Å². The fraction of sp³-hybridized carbons (Fsp3) is 0.273. The number of carbonyl (C=O) groups excluding carboxylic acids is 1. The quantitative estimate of drug-likeness (QED) is 0.560. The van der Waals surface area contributed by atoms with Crippen molar-refractivity contribution in [2.75, 3.05) is 11.9 Å². The van der Waals surface area contributed by atoms with Gasteiger partial charge in [-0.3, -0.25) is 9.48 Å². The van der Waals surface area contributed by atoms with Crippen molar-refractivity contribution in [3.05, 3.63) is 66.4 Å². The van der Waals surface area contributed by atoms with Crippen molar-refractivity contribution in [1.29, 1.82) is 0 Å². The van der Waals surface area contributed by atoms with Crippen LogP contribution in [-0.4, -0.2) is 22.3 Å². The second-order valence-electron chi connectivity index (χ2n) is 6.35. The smallest absolute Gasteiger partial charge is 0.262 e. The van der Waals surface area contributed by atoms with Crippen molar-refractivity contribution in [1.82, 2.24) is 9.78 Å². The van der Waals surface area contributed by atoms with Gasteiger partial charge in [-0.15, -0.1) is 5.10 Å². The first kappa shape index (κ1) is 19.5. The Balaban J connectivity index is 1.68. The third-order valence-electron chi connectivity index (χ3n) is 3.96. The van der Waals surface area contributed by atoms with Crippen LogP contribution in [0.1, 0.15) is 37.0 Å². The van der Waals surface area contributed by atoms with Crippen LogP contribution in [-0.2, 0) is 6.54 Å². The number of aromatic nitrogens is 2. The van der Waals surface area contributed by atoms with Gasteiger partial charge in [0.1, 0.15) is 17.1 Å². The predicted molar refractivity (Wildman–Crippen MR) is 109 cm³/mol. The first-order valence-corrected chi connectivity index (χ1v) is 9.54. The number of hydrogen-bond donors (Lipinski definition) is 1. The molecule has 0 aliphatic carbocycles. The molecule has 6 nitrogen and oxygen atoms in total. The summed E-state index contributed by atoms with van der Waals surface area (Å²) in [6.07, 6.45) is 3.51. The van der Waals surface area contributed by atoms with E-state index in [4.69, 9.17) is 9.47 Å². The van der Waals surface area contributed by atoms with Crippen LogP contribution in [0.3, 0.4) is 0 Å². The lowest BCUT2D eigenvalue weighted by Crippen LogP contribution is -2.13. The molecule has 3 rings (SSSR count). The second kappa shape index (κ2) is 9.60. The normalized spacial score (nSPS) is 10.5. The van der Waals surface area contributed by atoms with Crippen LogP contribution >= 0.6 is 0 Å². The molecule has 146 valence electrons. The Hall–Kier alpha value is -3.28. The molecule has 6 heteroatoms. The third-order valence-corrected chi connectivity index (χ3v) is 3.96. The Kier molecular flexibility index (Phi) is 6.68. The highest BCUT2D eigenvalue weighted by atomic mass is 16.5. The molecule has 0 aliphatic heterocycles. The van der Waals surface area contributed by atoms with E-state index in [1.165, 1.54) is 0 Å². The van der Waals surface area contributed by atoms with Crippen LogP contribution in [0, 0.1) is 0 Å². The molecule has 1 amide bonds. The number of ether oxygens (including phenoxy) is 2. The van der Waals surface area contributed by atoms with Crippen LogP contribution in [0.15, 0.2) is 60.8 Å². The Bertz CT molecular complexity index is 889. The number of aryl methyl sites for hydroxylation is 1. The van der Waals surface area contributed by atoms with Gasteiger partial charge in [0.05, 0.1) is 6.61 Å². The largest absolute Gasteiger partial charge is 0.476 e. The van der Waals surface area contributed by atoms with E-state index < -0.39 is 0 Å². The number of nitrogens with zero attached hydrogens (tertiary/aromatic N) is 2. The number of benzene rings is 2. The van der Waals surface area contributed by atoms with Crippen LogP contribution in [0.25, 0.3) is 0 Å². The van der Waals surface area contributed by atoms with Gasteiger partial charge in [-0.05, 0) is 49.2 Å². The van der Waals surface area contributed by atoms with Gasteiger partial charge >= 0.3 is 0 Å². The van der Waals surface area contributed by atoms with E-state index in [-0.39, 0.29) is 5.91 Å². The van der Waals surface area contributed by atoms with Gasteiger partial charge in [0.15, 0.2) is 0 Å². The summed E-state index contributed by atoms with van der Waals surface area (Å²) in [4.78, 5) is 12.7. The van der Waals surface area contributed by atoms with Gasteiger partial charge in [0.2, 0.25) is 5.88 Å². The molecule has 0 bridgehead atoms. The molecular formula is C22H25N3O3.